The summed E-state index contributed by atoms with van der Waals surface area (Å²) in [4.78, 5) is 27.2. The monoisotopic (exact) mass is 559 g/mol. The van der Waals surface area contributed by atoms with E-state index in [9.17, 15) is 9.59 Å². The molecule has 3 heterocycles. The fraction of sp³-hybridized carbons (Fsp3) is 0.345. The first-order chi connectivity index (χ1) is 19.7. The number of para-hydroxylation sites is 1. The Morgan fingerprint density at radius 1 is 1.07 bits per heavy atom. The molecule has 2 N–H and O–H groups in total. The van der Waals surface area contributed by atoms with Crippen LogP contribution in [0.2, 0.25) is 0 Å². The van der Waals surface area contributed by atoms with Gasteiger partial charge in [-0.2, -0.15) is 5.21 Å². The van der Waals surface area contributed by atoms with Gasteiger partial charge in [0.25, 0.3) is 0 Å². The van der Waals surface area contributed by atoms with E-state index in [1.807, 2.05) is 65.9 Å². The van der Waals surface area contributed by atoms with E-state index in [1.165, 1.54) is 0 Å². The topological polar surface area (TPSA) is 136 Å². The lowest BCUT2D eigenvalue weighted by Crippen LogP contribution is -2.38. The highest BCUT2D eigenvalue weighted by Crippen LogP contribution is 2.39. The van der Waals surface area contributed by atoms with Gasteiger partial charge < -0.3 is 29.0 Å². The fourth-order valence-electron chi connectivity index (χ4n) is 4.56. The Morgan fingerprint density at radius 3 is 2.54 bits per heavy atom. The first-order valence-corrected chi connectivity index (χ1v) is 13.3. The number of ether oxygens (including phenoxy) is 3. The molecule has 2 aromatic heterocycles. The van der Waals surface area contributed by atoms with Crippen LogP contribution < -0.4 is 10.2 Å². The number of hydrogen-bond donors (Lipinski definition) is 2. The molecule has 0 fully saturated rings. The van der Waals surface area contributed by atoms with Crippen molar-refractivity contribution in [1.29, 1.82) is 0 Å². The maximum Gasteiger partial charge on any atom is 0.343 e. The van der Waals surface area contributed by atoms with Crippen molar-refractivity contribution in [3.05, 3.63) is 71.4 Å². The van der Waals surface area contributed by atoms with Crippen LogP contribution in [0.15, 0.2) is 54.7 Å². The number of carbonyl (C=O) groups excluding carboxylic acids is 2. The maximum absolute atomic E-state index is 13.1. The van der Waals surface area contributed by atoms with Gasteiger partial charge in [-0.05, 0) is 81.3 Å². The van der Waals surface area contributed by atoms with Crippen LogP contribution in [0.25, 0.3) is 17.2 Å². The zero-order chi connectivity index (χ0) is 29.1. The van der Waals surface area contributed by atoms with Gasteiger partial charge in [0.2, 0.25) is 19.0 Å². The number of H-pyrrole nitrogens is 1. The third kappa shape index (κ3) is 5.92. The molecule has 2 aromatic carbocycles. The molecule has 0 bridgehead atoms. The van der Waals surface area contributed by atoms with E-state index < -0.39 is 30.5 Å². The van der Waals surface area contributed by atoms with Crippen molar-refractivity contribution in [1.82, 2.24) is 25.2 Å². The lowest BCUT2D eigenvalue weighted by molar-refractivity contribution is -0.161. The Balaban J connectivity index is 1.37. The summed E-state index contributed by atoms with van der Waals surface area (Å²) in [6.45, 7) is 9.58. The normalized spacial score (nSPS) is 14.5. The van der Waals surface area contributed by atoms with Crippen molar-refractivity contribution in [2.75, 3.05) is 23.6 Å². The molecule has 12 nitrogen and oxygen atoms in total. The number of rotatable bonds is 9. The summed E-state index contributed by atoms with van der Waals surface area (Å²) in [5, 5.41) is 17.8. The van der Waals surface area contributed by atoms with Crippen LogP contribution in [0.1, 0.15) is 49.2 Å². The first kappa shape index (κ1) is 27.8. The Morgan fingerprint density at radius 2 is 1.85 bits per heavy atom. The van der Waals surface area contributed by atoms with Crippen molar-refractivity contribution < 1.29 is 23.8 Å². The van der Waals surface area contributed by atoms with E-state index in [0.717, 1.165) is 28.2 Å². The number of carbonyl (C=O) groups is 2. The van der Waals surface area contributed by atoms with Gasteiger partial charge in [-0.15, -0.1) is 10.2 Å². The van der Waals surface area contributed by atoms with E-state index in [1.54, 1.807) is 32.9 Å². The number of nitrogens with one attached hydrogen (secondary N) is 2. The van der Waals surface area contributed by atoms with Crippen LogP contribution in [-0.4, -0.2) is 56.9 Å². The van der Waals surface area contributed by atoms with Crippen molar-refractivity contribution in [3.63, 3.8) is 0 Å². The second-order valence-electron chi connectivity index (χ2n) is 10.7. The quantitative estimate of drug-likeness (QED) is 0.224. The number of anilines is 2. The zero-order valence-electron chi connectivity index (χ0n) is 23.7. The van der Waals surface area contributed by atoms with E-state index in [4.69, 9.17) is 14.2 Å². The average molecular weight is 560 g/mol. The van der Waals surface area contributed by atoms with Gasteiger partial charge in [-0.3, -0.25) is 4.79 Å². The molecule has 0 amide bonds. The number of fused-ring (bicyclic) bond motifs is 1. The fourth-order valence-corrected chi connectivity index (χ4v) is 4.56. The molecule has 5 rings (SSSR count). The molecule has 214 valence electrons. The maximum atomic E-state index is 13.1. The van der Waals surface area contributed by atoms with Crippen LogP contribution in [0.5, 0.6) is 0 Å². The summed E-state index contributed by atoms with van der Waals surface area (Å²) in [6, 6.07) is 15.4. The molecule has 0 radical (unpaired) electrons. The van der Waals surface area contributed by atoms with Gasteiger partial charge in [0.15, 0.2) is 0 Å². The summed E-state index contributed by atoms with van der Waals surface area (Å²) in [5.41, 5.74) is 4.88. The van der Waals surface area contributed by atoms with E-state index in [0.29, 0.717) is 30.2 Å². The second-order valence-corrected chi connectivity index (χ2v) is 10.7. The zero-order valence-corrected chi connectivity index (χ0v) is 23.7. The highest BCUT2D eigenvalue weighted by molar-refractivity contribution is 6.00. The molecule has 1 unspecified atom stereocenters. The lowest BCUT2D eigenvalue weighted by Gasteiger charge is -2.27. The summed E-state index contributed by atoms with van der Waals surface area (Å²) in [6.07, 6.45) is 1.53. The van der Waals surface area contributed by atoms with Gasteiger partial charge >= 0.3 is 11.9 Å². The van der Waals surface area contributed by atoms with Crippen molar-refractivity contribution in [2.45, 2.75) is 47.5 Å². The molecule has 12 heteroatoms. The summed E-state index contributed by atoms with van der Waals surface area (Å²) in [7, 11) is 0. The van der Waals surface area contributed by atoms with Crippen molar-refractivity contribution in [3.8, 4) is 17.2 Å². The van der Waals surface area contributed by atoms with Gasteiger partial charge in [-0.1, -0.05) is 18.2 Å². The van der Waals surface area contributed by atoms with Crippen molar-refractivity contribution in [2.24, 2.45) is 5.41 Å². The Bertz CT molecular complexity index is 1520. The third-order valence-corrected chi connectivity index (χ3v) is 6.52. The number of hydrogen-bond acceptors (Lipinski definition) is 10. The largest absolute Gasteiger partial charge is 0.427 e. The number of benzene rings is 2. The predicted molar refractivity (Wildman–Crippen MR) is 151 cm³/mol. The summed E-state index contributed by atoms with van der Waals surface area (Å²) in [5.74, 6) is -0.542. The first-order valence-electron chi connectivity index (χ1n) is 13.3. The van der Waals surface area contributed by atoms with Crippen LogP contribution in [0, 0.1) is 12.3 Å². The van der Waals surface area contributed by atoms with E-state index in [2.05, 4.69) is 25.9 Å². The minimum atomic E-state index is -0.698. The molecule has 4 aromatic rings. The number of aromatic nitrogens is 5. The number of esters is 2. The molecular weight excluding hydrogens is 526 g/mol. The molecule has 0 aliphatic carbocycles. The molecule has 1 atom stereocenters. The Labute approximate surface area is 237 Å². The SMILES string of the molecule is CCOC1Nc2cccc(C(=O)OCOC(=O)C(C)(C)C)c2N1Cc1ccc(-n2cc(C)cc2-c2nn[nH]n2)cc1. The molecule has 0 saturated heterocycles. The molecular formula is C29H33N7O5. The van der Waals surface area contributed by atoms with E-state index >= 15 is 0 Å². The number of nitrogens with zero attached hydrogens (tertiary/aromatic N) is 5. The predicted octanol–water partition coefficient (Wildman–Crippen LogP) is 4.42. The van der Waals surface area contributed by atoms with Gasteiger partial charge in [-0.25, -0.2) is 4.79 Å². The molecule has 0 saturated carbocycles. The second kappa shape index (κ2) is 11.4. The van der Waals surface area contributed by atoms with Gasteiger partial charge in [0, 0.05) is 25.0 Å². The number of aromatic amines is 1. The number of tetrazole rings is 1. The Hall–Kier alpha value is -4.71. The smallest absolute Gasteiger partial charge is 0.343 e. The van der Waals surface area contributed by atoms with Crippen LogP contribution in [0.4, 0.5) is 11.4 Å². The van der Waals surface area contributed by atoms with Crippen molar-refractivity contribution >= 4 is 23.3 Å². The highest BCUT2D eigenvalue weighted by Gasteiger charge is 2.34. The van der Waals surface area contributed by atoms with Gasteiger partial charge in [0.1, 0.15) is 0 Å². The highest BCUT2D eigenvalue weighted by atomic mass is 16.7. The minimum Gasteiger partial charge on any atom is -0.427 e. The Kier molecular flexibility index (Phi) is 7.75. The summed E-state index contributed by atoms with van der Waals surface area (Å²) < 4.78 is 18.4. The third-order valence-electron chi connectivity index (χ3n) is 6.52. The molecule has 0 spiro atoms. The lowest BCUT2D eigenvalue weighted by atomic mass is 9.98. The van der Waals surface area contributed by atoms with E-state index in [-0.39, 0.29) is 0 Å². The van der Waals surface area contributed by atoms with Crippen LogP contribution >= 0.6 is 0 Å². The molecule has 1 aliphatic heterocycles. The van der Waals surface area contributed by atoms with Gasteiger partial charge in [0.05, 0.1) is 28.0 Å². The molecule has 41 heavy (non-hydrogen) atoms. The number of aryl methyl sites for hydroxylation is 1. The summed E-state index contributed by atoms with van der Waals surface area (Å²) >= 11 is 0. The van der Waals surface area contributed by atoms with Crippen LogP contribution in [-0.2, 0) is 25.5 Å². The molecule has 1 aliphatic rings. The average Bonchev–Trinajstić information content (AvgIpc) is 3.68. The van der Waals surface area contributed by atoms with Crippen LogP contribution in [0.3, 0.4) is 0 Å². The standard InChI is InChI=1S/C29H33N7O5/c1-6-39-28-30-22-9-7-8-21(26(37)40-17-41-27(38)29(3,4)5)24(22)36(28)16-19-10-12-20(13-11-19)35-15-18(2)14-23(35)25-31-33-34-32-25/h7-15,28,30H,6,16-17H2,1-5H3,(H,31,32,33,34). The minimum absolute atomic E-state index is 0.341.